The lowest BCUT2D eigenvalue weighted by Gasteiger charge is -2.35. The minimum absolute atomic E-state index is 0.257. The summed E-state index contributed by atoms with van der Waals surface area (Å²) in [6, 6.07) is 5.66. The molecule has 26 heavy (non-hydrogen) atoms. The first kappa shape index (κ1) is 19.2. The average molecular weight is 416 g/mol. The van der Waals surface area contributed by atoms with Crippen molar-refractivity contribution in [2.75, 3.05) is 42.1 Å². The van der Waals surface area contributed by atoms with Gasteiger partial charge in [-0.3, -0.25) is 9.62 Å². The summed E-state index contributed by atoms with van der Waals surface area (Å²) in [4.78, 5) is 12.7. The van der Waals surface area contributed by atoms with Gasteiger partial charge in [0.15, 0.2) is 11.6 Å². The summed E-state index contributed by atoms with van der Waals surface area (Å²) < 4.78 is 25.5. The normalized spacial score (nSPS) is 15.9. The molecular weight excluding hydrogens is 397 g/mol. The van der Waals surface area contributed by atoms with E-state index in [2.05, 4.69) is 19.6 Å². The summed E-state index contributed by atoms with van der Waals surface area (Å²) in [7, 11) is -3.41. The molecule has 0 bridgehead atoms. The number of rotatable bonds is 5. The lowest BCUT2D eigenvalue weighted by atomic mass is 10.2. The monoisotopic (exact) mass is 415 g/mol. The van der Waals surface area contributed by atoms with Crippen LogP contribution in [0.4, 0.5) is 11.6 Å². The first-order valence-corrected chi connectivity index (χ1v) is 10.7. The summed E-state index contributed by atoms with van der Waals surface area (Å²) in [6.45, 7) is 3.85. The van der Waals surface area contributed by atoms with E-state index in [1.807, 2.05) is 17.0 Å². The average Bonchev–Trinajstić information content (AvgIpc) is 2.58. The highest BCUT2D eigenvalue weighted by molar-refractivity contribution is 7.92. The van der Waals surface area contributed by atoms with Crippen molar-refractivity contribution in [3.63, 3.8) is 0 Å². The largest absolute Gasteiger partial charge is 0.351 e. The molecule has 3 rings (SSSR count). The van der Waals surface area contributed by atoms with Gasteiger partial charge in [-0.05, 0) is 17.7 Å². The second kappa shape index (κ2) is 7.96. The Balaban J connectivity index is 1.64. The van der Waals surface area contributed by atoms with E-state index in [9.17, 15) is 8.42 Å². The molecule has 2 heterocycles. The van der Waals surface area contributed by atoms with Crippen LogP contribution in [-0.2, 0) is 16.6 Å². The molecule has 2 aromatic rings. The van der Waals surface area contributed by atoms with Gasteiger partial charge in [0.1, 0.15) is 0 Å². The maximum absolute atomic E-state index is 11.5. The third kappa shape index (κ3) is 4.97. The van der Waals surface area contributed by atoms with Crippen LogP contribution in [-0.4, -0.2) is 55.7 Å². The lowest BCUT2D eigenvalue weighted by molar-refractivity contribution is 0.249. The molecule has 0 aliphatic carbocycles. The Morgan fingerprint density at radius 3 is 2.42 bits per heavy atom. The van der Waals surface area contributed by atoms with E-state index in [0.717, 1.165) is 44.5 Å². The molecule has 140 valence electrons. The number of hydrogen-bond acceptors (Lipinski definition) is 6. The molecule has 1 aliphatic heterocycles. The van der Waals surface area contributed by atoms with Crippen molar-refractivity contribution >= 4 is 44.9 Å². The van der Waals surface area contributed by atoms with Crippen molar-refractivity contribution < 1.29 is 8.42 Å². The molecule has 0 atom stereocenters. The van der Waals surface area contributed by atoms with Crippen LogP contribution >= 0.6 is 23.2 Å². The number of anilines is 2. The number of aromatic nitrogens is 2. The SMILES string of the molecule is CS(=O)(=O)Nc1nccnc1N1CCN(Cc2ccc(Cl)c(Cl)c2)CC1. The van der Waals surface area contributed by atoms with Crippen LogP contribution in [0.2, 0.25) is 10.0 Å². The predicted octanol–water partition coefficient (Wildman–Crippen LogP) is 2.48. The zero-order chi connectivity index (χ0) is 18.7. The van der Waals surface area contributed by atoms with Crippen LogP contribution in [0.3, 0.4) is 0 Å². The maximum Gasteiger partial charge on any atom is 0.231 e. The molecule has 1 saturated heterocycles. The smallest absolute Gasteiger partial charge is 0.231 e. The Hall–Kier alpha value is -1.61. The fourth-order valence-corrected chi connectivity index (χ4v) is 3.64. The minimum atomic E-state index is -3.41. The minimum Gasteiger partial charge on any atom is -0.351 e. The van der Waals surface area contributed by atoms with Crippen molar-refractivity contribution in [3.05, 3.63) is 46.2 Å². The topological polar surface area (TPSA) is 78.4 Å². The fourth-order valence-electron chi connectivity index (χ4n) is 2.82. The van der Waals surface area contributed by atoms with Gasteiger partial charge in [-0.15, -0.1) is 0 Å². The molecule has 0 amide bonds. The van der Waals surface area contributed by atoms with Crippen LogP contribution in [0.5, 0.6) is 0 Å². The van der Waals surface area contributed by atoms with Crippen molar-refractivity contribution in [2.45, 2.75) is 6.54 Å². The number of piperazine rings is 1. The Labute approximate surface area is 163 Å². The summed E-state index contributed by atoms with van der Waals surface area (Å²) >= 11 is 12.0. The van der Waals surface area contributed by atoms with Gasteiger partial charge in [0.25, 0.3) is 0 Å². The molecule has 7 nitrogen and oxygen atoms in total. The molecule has 1 aromatic carbocycles. The van der Waals surface area contributed by atoms with Crippen LogP contribution in [0, 0.1) is 0 Å². The van der Waals surface area contributed by atoms with E-state index in [-0.39, 0.29) is 5.82 Å². The number of halogens is 2. The van der Waals surface area contributed by atoms with Gasteiger partial charge in [-0.2, -0.15) is 0 Å². The quantitative estimate of drug-likeness (QED) is 0.807. The Morgan fingerprint density at radius 1 is 1.08 bits per heavy atom. The third-order valence-electron chi connectivity index (χ3n) is 4.02. The third-order valence-corrected chi connectivity index (χ3v) is 5.33. The second-order valence-corrected chi connectivity index (χ2v) is 8.68. The zero-order valence-corrected chi connectivity index (χ0v) is 16.5. The van der Waals surface area contributed by atoms with Crippen LogP contribution in [0.25, 0.3) is 0 Å². The Morgan fingerprint density at radius 2 is 1.77 bits per heavy atom. The lowest BCUT2D eigenvalue weighted by Crippen LogP contribution is -2.46. The van der Waals surface area contributed by atoms with Gasteiger partial charge >= 0.3 is 0 Å². The number of benzene rings is 1. The van der Waals surface area contributed by atoms with Crippen molar-refractivity contribution in [2.24, 2.45) is 0 Å². The molecule has 10 heteroatoms. The van der Waals surface area contributed by atoms with Crippen LogP contribution in [0.15, 0.2) is 30.6 Å². The van der Waals surface area contributed by atoms with E-state index in [1.54, 1.807) is 12.3 Å². The molecule has 0 radical (unpaired) electrons. The van der Waals surface area contributed by atoms with E-state index in [4.69, 9.17) is 23.2 Å². The Bertz CT molecular complexity index is 886. The highest BCUT2D eigenvalue weighted by Gasteiger charge is 2.22. The molecule has 0 spiro atoms. The highest BCUT2D eigenvalue weighted by Crippen LogP contribution is 2.25. The summed E-state index contributed by atoms with van der Waals surface area (Å²) in [5.74, 6) is 0.806. The van der Waals surface area contributed by atoms with Gasteiger partial charge in [0, 0.05) is 45.1 Å². The number of hydrogen-bond donors (Lipinski definition) is 1. The summed E-state index contributed by atoms with van der Waals surface area (Å²) in [6.07, 6.45) is 4.13. The van der Waals surface area contributed by atoms with E-state index in [0.29, 0.717) is 15.9 Å². The molecule has 1 fully saturated rings. The van der Waals surface area contributed by atoms with Crippen LogP contribution < -0.4 is 9.62 Å². The van der Waals surface area contributed by atoms with Gasteiger partial charge in [-0.25, -0.2) is 18.4 Å². The first-order valence-electron chi connectivity index (χ1n) is 8.02. The van der Waals surface area contributed by atoms with Crippen molar-refractivity contribution in [3.8, 4) is 0 Å². The van der Waals surface area contributed by atoms with Crippen LogP contribution in [0.1, 0.15) is 5.56 Å². The van der Waals surface area contributed by atoms with Gasteiger partial charge in [0.2, 0.25) is 10.0 Å². The van der Waals surface area contributed by atoms with Crippen molar-refractivity contribution in [1.82, 2.24) is 14.9 Å². The Kier molecular flexibility index (Phi) is 5.86. The van der Waals surface area contributed by atoms with E-state index >= 15 is 0 Å². The molecule has 1 aliphatic rings. The van der Waals surface area contributed by atoms with E-state index < -0.39 is 10.0 Å². The summed E-state index contributed by atoms with van der Waals surface area (Å²) in [5, 5.41) is 1.10. The maximum atomic E-state index is 11.5. The fraction of sp³-hybridized carbons (Fsp3) is 0.375. The second-order valence-electron chi connectivity index (χ2n) is 6.11. The predicted molar refractivity (Wildman–Crippen MR) is 104 cm³/mol. The van der Waals surface area contributed by atoms with Gasteiger partial charge in [0.05, 0.1) is 16.3 Å². The van der Waals surface area contributed by atoms with Gasteiger partial charge < -0.3 is 4.90 Å². The van der Waals surface area contributed by atoms with Gasteiger partial charge in [-0.1, -0.05) is 29.3 Å². The standard InChI is InChI=1S/C16H19Cl2N5O2S/c1-26(24,25)21-15-16(20-5-4-19-15)23-8-6-22(7-9-23)11-12-2-3-13(17)14(18)10-12/h2-5,10H,6-9,11H2,1H3,(H,19,21). The highest BCUT2D eigenvalue weighted by atomic mass is 35.5. The molecule has 0 saturated carbocycles. The first-order chi connectivity index (χ1) is 12.3. The molecule has 1 N–H and O–H groups in total. The van der Waals surface area contributed by atoms with E-state index in [1.165, 1.54) is 6.20 Å². The van der Waals surface area contributed by atoms with Crippen molar-refractivity contribution in [1.29, 1.82) is 0 Å². The molecule has 1 aromatic heterocycles. The zero-order valence-electron chi connectivity index (χ0n) is 14.2. The number of nitrogens with zero attached hydrogens (tertiary/aromatic N) is 4. The molecular formula is C16H19Cl2N5O2S. The molecule has 0 unspecified atom stereocenters. The number of nitrogens with one attached hydrogen (secondary N) is 1. The number of sulfonamides is 1. The summed E-state index contributed by atoms with van der Waals surface area (Å²) in [5.41, 5.74) is 1.10.